The molecule has 1 N–H and O–H groups in total. The first-order valence-corrected chi connectivity index (χ1v) is 5.96. The van der Waals surface area contributed by atoms with Gasteiger partial charge in [0.05, 0.1) is 0 Å². The highest BCUT2D eigenvalue weighted by atomic mass is 32.1. The Balaban J connectivity index is 1.73. The monoisotopic (exact) mass is 195 g/mol. The molecular weight excluding hydrogens is 178 g/mol. The highest BCUT2D eigenvalue weighted by Gasteiger charge is 2.29. The van der Waals surface area contributed by atoms with E-state index in [4.69, 9.17) is 0 Å². The van der Waals surface area contributed by atoms with Crippen LogP contribution in [0.2, 0.25) is 0 Å². The maximum Gasteiger partial charge on any atom is 0.00763 e. The molecule has 0 aliphatic heterocycles. The second kappa shape index (κ2) is 4.25. The molecule has 0 aromatic carbocycles. The minimum absolute atomic E-state index is 0.891. The molecular formula is C11H17NS. The summed E-state index contributed by atoms with van der Waals surface area (Å²) in [6, 6.07) is 4.45. The summed E-state index contributed by atoms with van der Waals surface area (Å²) in [5.74, 6) is 1.88. The largest absolute Gasteiger partial charge is 0.320 e. The van der Waals surface area contributed by atoms with Gasteiger partial charge in [-0.25, -0.2) is 0 Å². The maximum absolute atomic E-state index is 3.22. The second-order valence-electron chi connectivity index (χ2n) is 3.94. The molecule has 1 aromatic rings. The van der Waals surface area contributed by atoms with Crippen molar-refractivity contribution in [2.75, 3.05) is 13.6 Å². The first-order chi connectivity index (χ1) is 6.40. The van der Waals surface area contributed by atoms with Crippen molar-refractivity contribution in [3.63, 3.8) is 0 Å². The molecule has 1 aliphatic carbocycles. The van der Waals surface area contributed by atoms with Crippen molar-refractivity contribution in [2.45, 2.75) is 25.2 Å². The summed E-state index contributed by atoms with van der Waals surface area (Å²) >= 11 is 1.92. The van der Waals surface area contributed by atoms with Crippen LogP contribution in [0.3, 0.4) is 0 Å². The Bertz CT molecular complexity index is 237. The molecule has 72 valence electrons. The molecule has 0 unspecified atom stereocenters. The number of rotatable bonds is 4. The van der Waals surface area contributed by atoms with Gasteiger partial charge in [-0.15, -0.1) is 11.3 Å². The van der Waals surface area contributed by atoms with Gasteiger partial charge in [0.15, 0.2) is 0 Å². The predicted octanol–water partition coefficient (Wildman–Crippen LogP) is 2.85. The number of thiophene rings is 1. The van der Waals surface area contributed by atoms with Gasteiger partial charge in [0, 0.05) is 4.88 Å². The standard InChI is InChI=1S/C11H17NS/c1-12-5-4-9-7-10(8-9)11-3-2-6-13-11/h2-3,6,9-10,12H,4-5,7-8H2,1H3. The van der Waals surface area contributed by atoms with E-state index in [9.17, 15) is 0 Å². The summed E-state index contributed by atoms with van der Waals surface area (Å²) < 4.78 is 0. The van der Waals surface area contributed by atoms with E-state index >= 15 is 0 Å². The van der Waals surface area contributed by atoms with Crippen molar-refractivity contribution < 1.29 is 0 Å². The van der Waals surface area contributed by atoms with Crippen LogP contribution in [0.4, 0.5) is 0 Å². The fourth-order valence-corrected chi connectivity index (χ4v) is 2.93. The first-order valence-electron chi connectivity index (χ1n) is 5.08. The van der Waals surface area contributed by atoms with Gasteiger partial charge >= 0.3 is 0 Å². The van der Waals surface area contributed by atoms with Crippen molar-refractivity contribution >= 4 is 11.3 Å². The average Bonchev–Trinajstić information content (AvgIpc) is 2.54. The lowest BCUT2D eigenvalue weighted by atomic mass is 9.72. The first kappa shape index (κ1) is 9.22. The molecule has 1 nitrogen and oxygen atoms in total. The summed E-state index contributed by atoms with van der Waals surface area (Å²) in [4.78, 5) is 1.60. The minimum atomic E-state index is 0.891. The van der Waals surface area contributed by atoms with Crippen LogP contribution in [0.25, 0.3) is 0 Å². The summed E-state index contributed by atoms with van der Waals surface area (Å²) in [6.45, 7) is 1.18. The van der Waals surface area contributed by atoms with Crippen LogP contribution in [0.5, 0.6) is 0 Å². The van der Waals surface area contributed by atoms with E-state index in [1.54, 1.807) is 4.88 Å². The van der Waals surface area contributed by atoms with Crippen LogP contribution in [0.1, 0.15) is 30.1 Å². The molecule has 0 spiro atoms. The Morgan fingerprint density at radius 2 is 2.38 bits per heavy atom. The minimum Gasteiger partial charge on any atom is -0.320 e. The van der Waals surface area contributed by atoms with E-state index < -0.39 is 0 Å². The van der Waals surface area contributed by atoms with Crippen LogP contribution < -0.4 is 5.32 Å². The molecule has 0 atom stereocenters. The Kier molecular flexibility index (Phi) is 3.01. The Hall–Kier alpha value is -0.340. The molecule has 13 heavy (non-hydrogen) atoms. The van der Waals surface area contributed by atoms with Crippen LogP contribution >= 0.6 is 11.3 Å². The van der Waals surface area contributed by atoms with Crippen LogP contribution in [0.15, 0.2) is 17.5 Å². The van der Waals surface area contributed by atoms with Gasteiger partial charge in [0.2, 0.25) is 0 Å². The van der Waals surface area contributed by atoms with Gasteiger partial charge in [-0.1, -0.05) is 6.07 Å². The van der Waals surface area contributed by atoms with Crippen LogP contribution in [-0.2, 0) is 0 Å². The molecule has 0 radical (unpaired) electrons. The van der Waals surface area contributed by atoms with E-state index in [0.717, 1.165) is 11.8 Å². The van der Waals surface area contributed by atoms with Gasteiger partial charge in [-0.05, 0) is 56.1 Å². The van der Waals surface area contributed by atoms with Crippen molar-refractivity contribution in [3.05, 3.63) is 22.4 Å². The van der Waals surface area contributed by atoms with Crippen molar-refractivity contribution in [2.24, 2.45) is 5.92 Å². The topological polar surface area (TPSA) is 12.0 Å². The van der Waals surface area contributed by atoms with E-state index in [0.29, 0.717) is 0 Å². The van der Waals surface area contributed by atoms with Gasteiger partial charge in [0.1, 0.15) is 0 Å². The average molecular weight is 195 g/mol. The quantitative estimate of drug-likeness (QED) is 0.779. The highest BCUT2D eigenvalue weighted by molar-refractivity contribution is 7.10. The predicted molar refractivity (Wildman–Crippen MR) is 58.3 cm³/mol. The summed E-state index contributed by atoms with van der Waals surface area (Å²) in [7, 11) is 2.04. The lowest BCUT2D eigenvalue weighted by Gasteiger charge is -2.34. The van der Waals surface area contributed by atoms with Crippen LogP contribution in [-0.4, -0.2) is 13.6 Å². The molecule has 2 rings (SSSR count). The van der Waals surface area contributed by atoms with E-state index in [1.165, 1.54) is 25.8 Å². The Morgan fingerprint density at radius 3 is 3.00 bits per heavy atom. The van der Waals surface area contributed by atoms with E-state index in [2.05, 4.69) is 22.8 Å². The maximum atomic E-state index is 3.22. The molecule has 2 heteroatoms. The molecule has 0 saturated heterocycles. The third-order valence-corrected chi connectivity index (χ3v) is 4.02. The van der Waals surface area contributed by atoms with Crippen molar-refractivity contribution in [1.82, 2.24) is 5.32 Å². The van der Waals surface area contributed by atoms with Gasteiger partial charge in [-0.3, -0.25) is 0 Å². The summed E-state index contributed by atoms with van der Waals surface area (Å²) in [5.41, 5.74) is 0. The normalized spacial score (nSPS) is 27.2. The lowest BCUT2D eigenvalue weighted by molar-refractivity contribution is 0.250. The fourth-order valence-electron chi connectivity index (χ4n) is 2.08. The zero-order chi connectivity index (χ0) is 9.10. The SMILES string of the molecule is CNCCC1CC(c2cccs2)C1. The zero-order valence-corrected chi connectivity index (χ0v) is 8.94. The van der Waals surface area contributed by atoms with Gasteiger partial charge < -0.3 is 5.32 Å². The molecule has 1 aromatic heterocycles. The second-order valence-corrected chi connectivity index (χ2v) is 4.92. The van der Waals surface area contributed by atoms with Gasteiger partial charge in [0.25, 0.3) is 0 Å². The number of hydrogen-bond donors (Lipinski definition) is 1. The molecule has 1 fully saturated rings. The van der Waals surface area contributed by atoms with Crippen molar-refractivity contribution in [3.8, 4) is 0 Å². The molecule has 0 bridgehead atoms. The number of nitrogens with one attached hydrogen (secondary N) is 1. The zero-order valence-electron chi connectivity index (χ0n) is 8.12. The molecule has 1 aliphatic rings. The molecule has 1 saturated carbocycles. The third-order valence-electron chi connectivity index (χ3n) is 2.98. The smallest absolute Gasteiger partial charge is 0.00763 e. The van der Waals surface area contributed by atoms with E-state index in [-0.39, 0.29) is 0 Å². The summed E-state index contributed by atoms with van der Waals surface area (Å²) in [5, 5.41) is 5.41. The Morgan fingerprint density at radius 1 is 1.54 bits per heavy atom. The fraction of sp³-hybridized carbons (Fsp3) is 0.636. The molecule has 0 amide bonds. The van der Waals surface area contributed by atoms with Crippen molar-refractivity contribution in [1.29, 1.82) is 0 Å². The van der Waals surface area contributed by atoms with Gasteiger partial charge in [-0.2, -0.15) is 0 Å². The van der Waals surface area contributed by atoms with Crippen LogP contribution in [0, 0.1) is 5.92 Å². The number of hydrogen-bond acceptors (Lipinski definition) is 2. The third kappa shape index (κ3) is 2.12. The highest BCUT2D eigenvalue weighted by Crippen LogP contribution is 2.44. The summed E-state index contributed by atoms with van der Waals surface area (Å²) in [6.07, 6.45) is 4.20. The molecule has 1 heterocycles. The Labute approximate surface area is 84.2 Å². The lowest BCUT2D eigenvalue weighted by Crippen LogP contribution is -2.24. The van der Waals surface area contributed by atoms with E-state index in [1.807, 2.05) is 18.4 Å².